The van der Waals surface area contributed by atoms with Crippen LogP contribution in [0.25, 0.3) is 54.2 Å². The van der Waals surface area contributed by atoms with E-state index in [1.807, 2.05) is 0 Å². The van der Waals surface area contributed by atoms with Gasteiger partial charge >= 0.3 is 17.8 Å². The molecule has 0 unspecified atom stereocenters. The minimum absolute atomic E-state index is 0.196. The zero-order valence-electron chi connectivity index (χ0n) is 20.2. The predicted molar refractivity (Wildman–Crippen MR) is 145 cm³/mol. The number of alkyl halides is 6. The maximum Gasteiger partial charge on any atom is 0.380 e. The Labute approximate surface area is 218 Å². The second kappa shape index (κ2) is 7.85. The summed E-state index contributed by atoms with van der Waals surface area (Å²) >= 11 is 0. The lowest BCUT2D eigenvalue weighted by atomic mass is 9.84. The van der Waals surface area contributed by atoms with Gasteiger partial charge in [-0.25, -0.2) is 0 Å². The van der Waals surface area contributed by atoms with Crippen LogP contribution in [0.4, 0.5) is 26.3 Å². The third kappa shape index (κ3) is 3.03. The number of hydrogen-bond acceptors (Lipinski definition) is 0. The summed E-state index contributed by atoms with van der Waals surface area (Å²) in [6.45, 7) is 0. The van der Waals surface area contributed by atoms with E-state index in [1.165, 1.54) is 24.3 Å². The fraction of sp³-hybridized carbons (Fsp3) is 0.0909. The van der Waals surface area contributed by atoms with E-state index in [-0.39, 0.29) is 32.7 Å². The zero-order valence-corrected chi connectivity index (χ0v) is 20.2. The van der Waals surface area contributed by atoms with Crippen LogP contribution in [-0.2, 0) is 0 Å². The monoisotopic (exact) mass is 528 g/mol. The summed E-state index contributed by atoms with van der Waals surface area (Å²) in [5.74, 6) is -16.0. The van der Waals surface area contributed by atoms with Crippen molar-refractivity contribution in [1.29, 1.82) is 0 Å². The van der Waals surface area contributed by atoms with Crippen LogP contribution in [0.1, 0.15) is 11.1 Å². The molecule has 39 heavy (non-hydrogen) atoms. The standard InChI is InChI=1S/C33H18F6/c34-31(35)29(27-23-13-5-1-9-19(23)17-20-10-2-6-14-24(20)27)30(32(36,37)33(31,38)39)28-25-15-7-3-11-21(25)18-22-12-4-8-16-26(22)28/h1-18H. The SMILES string of the molecule is FC1(F)C(c2c3ccccc3cc3ccccc23)=C(c2c3ccccc3cc3ccccc23)C(F)(F)C1(F)F. The number of benzene rings is 6. The van der Waals surface area contributed by atoms with E-state index in [1.54, 1.807) is 84.9 Å². The minimum atomic E-state index is -5.67. The van der Waals surface area contributed by atoms with Crippen molar-refractivity contribution in [2.24, 2.45) is 0 Å². The average Bonchev–Trinajstić information content (AvgIpc) is 3.03. The lowest BCUT2D eigenvalue weighted by Crippen LogP contribution is -2.49. The number of halogens is 6. The molecule has 6 aromatic rings. The van der Waals surface area contributed by atoms with Gasteiger partial charge in [0.05, 0.1) is 0 Å². The average molecular weight is 528 g/mol. The molecule has 0 bridgehead atoms. The summed E-state index contributed by atoms with van der Waals surface area (Å²) in [6, 6.07) is 29.2. The van der Waals surface area contributed by atoms with Crippen LogP contribution in [0, 0.1) is 0 Å². The van der Waals surface area contributed by atoms with Crippen molar-refractivity contribution in [2.45, 2.75) is 17.8 Å². The fourth-order valence-electron chi connectivity index (χ4n) is 5.96. The molecule has 0 aromatic heterocycles. The summed E-state index contributed by atoms with van der Waals surface area (Å²) in [5.41, 5.74) is -3.30. The molecular formula is C33H18F6. The molecule has 0 nitrogen and oxygen atoms in total. The normalized spacial score (nSPS) is 18.0. The van der Waals surface area contributed by atoms with Gasteiger partial charge in [-0.1, -0.05) is 97.1 Å². The highest BCUT2D eigenvalue weighted by atomic mass is 19.3. The minimum Gasteiger partial charge on any atom is -0.194 e. The number of rotatable bonds is 2. The van der Waals surface area contributed by atoms with Gasteiger partial charge < -0.3 is 0 Å². The van der Waals surface area contributed by atoms with Crippen molar-refractivity contribution in [3.05, 3.63) is 120 Å². The molecule has 0 radical (unpaired) electrons. The maximum atomic E-state index is 16.1. The van der Waals surface area contributed by atoms with Gasteiger partial charge in [0, 0.05) is 22.3 Å². The molecule has 7 rings (SSSR count). The van der Waals surface area contributed by atoms with Gasteiger partial charge in [-0.15, -0.1) is 0 Å². The number of hydrogen-bond donors (Lipinski definition) is 0. The Hall–Kier alpha value is -4.32. The van der Waals surface area contributed by atoms with Crippen LogP contribution in [0.2, 0.25) is 0 Å². The smallest absolute Gasteiger partial charge is 0.194 e. The quantitative estimate of drug-likeness (QED) is 0.155. The Kier molecular flexibility index (Phi) is 4.79. The van der Waals surface area contributed by atoms with E-state index in [4.69, 9.17) is 0 Å². The van der Waals surface area contributed by atoms with Crippen molar-refractivity contribution in [3.8, 4) is 0 Å². The number of fused-ring (bicyclic) bond motifs is 4. The van der Waals surface area contributed by atoms with Crippen LogP contribution in [0.5, 0.6) is 0 Å². The first kappa shape index (κ1) is 23.8. The third-order valence-corrected chi connectivity index (χ3v) is 7.71. The molecule has 0 fully saturated rings. The van der Waals surface area contributed by atoms with Crippen molar-refractivity contribution >= 4 is 54.2 Å². The van der Waals surface area contributed by atoms with E-state index in [2.05, 4.69) is 0 Å². The van der Waals surface area contributed by atoms with Gasteiger partial charge in [0.2, 0.25) is 0 Å². The van der Waals surface area contributed by atoms with Crippen LogP contribution < -0.4 is 0 Å². The van der Waals surface area contributed by atoms with Gasteiger partial charge in [0.15, 0.2) is 0 Å². The molecule has 0 aliphatic heterocycles. The molecule has 0 saturated carbocycles. The second-order valence-corrected chi connectivity index (χ2v) is 9.86. The first-order chi connectivity index (χ1) is 18.6. The Balaban J connectivity index is 1.79. The van der Waals surface area contributed by atoms with E-state index < -0.39 is 28.9 Å². The molecule has 0 amide bonds. The topological polar surface area (TPSA) is 0 Å². The highest BCUT2D eigenvalue weighted by Gasteiger charge is 2.80. The second-order valence-electron chi connectivity index (χ2n) is 9.86. The van der Waals surface area contributed by atoms with Crippen LogP contribution in [0.15, 0.2) is 109 Å². The maximum absolute atomic E-state index is 16.1. The van der Waals surface area contributed by atoms with Crippen molar-refractivity contribution in [1.82, 2.24) is 0 Å². The Bertz CT molecular complexity index is 1750. The molecule has 6 heteroatoms. The van der Waals surface area contributed by atoms with Gasteiger partial charge in [-0.2, -0.15) is 26.3 Å². The van der Waals surface area contributed by atoms with Crippen LogP contribution >= 0.6 is 0 Å². The molecule has 1 aliphatic carbocycles. The Morgan fingerprint density at radius 3 is 0.897 bits per heavy atom. The van der Waals surface area contributed by atoms with Gasteiger partial charge in [0.25, 0.3) is 0 Å². The highest BCUT2D eigenvalue weighted by molar-refractivity contribution is 6.21. The predicted octanol–water partition coefficient (Wildman–Crippen LogP) is 10.1. The van der Waals surface area contributed by atoms with Crippen molar-refractivity contribution in [3.63, 3.8) is 0 Å². The summed E-state index contributed by atoms with van der Waals surface area (Å²) < 4.78 is 95.1. The molecule has 0 N–H and O–H groups in total. The van der Waals surface area contributed by atoms with Crippen molar-refractivity contribution in [2.75, 3.05) is 0 Å². The van der Waals surface area contributed by atoms with E-state index >= 15 is 26.3 Å². The van der Waals surface area contributed by atoms with E-state index in [0.717, 1.165) is 0 Å². The first-order valence-corrected chi connectivity index (χ1v) is 12.3. The summed E-state index contributed by atoms with van der Waals surface area (Å²) in [7, 11) is 0. The van der Waals surface area contributed by atoms with Crippen LogP contribution in [0.3, 0.4) is 0 Å². The van der Waals surface area contributed by atoms with Crippen molar-refractivity contribution < 1.29 is 26.3 Å². The van der Waals surface area contributed by atoms with Gasteiger partial charge in [0.1, 0.15) is 0 Å². The van der Waals surface area contributed by atoms with Crippen LogP contribution in [-0.4, -0.2) is 17.8 Å². The summed E-state index contributed by atoms with van der Waals surface area (Å²) in [6.07, 6.45) is 0. The summed E-state index contributed by atoms with van der Waals surface area (Å²) in [4.78, 5) is 0. The molecule has 1 aliphatic rings. The molecular weight excluding hydrogens is 510 g/mol. The molecule has 0 atom stereocenters. The lowest BCUT2D eigenvalue weighted by molar-refractivity contribution is -0.254. The Morgan fingerprint density at radius 1 is 0.359 bits per heavy atom. The first-order valence-electron chi connectivity index (χ1n) is 12.3. The van der Waals surface area contributed by atoms with E-state index in [9.17, 15) is 0 Å². The molecule has 6 aromatic carbocycles. The molecule has 0 spiro atoms. The lowest BCUT2D eigenvalue weighted by Gasteiger charge is -2.26. The molecule has 192 valence electrons. The highest BCUT2D eigenvalue weighted by Crippen LogP contribution is 2.66. The summed E-state index contributed by atoms with van der Waals surface area (Å²) in [5, 5.41) is 2.71. The molecule has 0 heterocycles. The zero-order chi connectivity index (χ0) is 27.2. The van der Waals surface area contributed by atoms with E-state index in [0.29, 0.717) is 21.5 Å². The third-order valence-electron chi connectivity index (χ3n) is 7.71. The largest absolute Gasteiger partial charge is 0.380 e. The molecule has 0 saturated heterocycles. The Morgan fingerprint density at radius 2 is 0.615 bits per heavy atom. The van der Waals surface area contributed by atoms with Gasteiger partial charge in [-0.05, 0) is 55.2 Å². The number of allylic oxidation sites excluding steroid dienone is 2. The van der Waals surface area contributed by atoms with Gasteiger partial charge in [-0.3, -0.25) is 0 Å². The fourth-order valence-corrected chi connectivity index (χ4v) is 5.96.